The number of ether oxygens (including phenoxy) is 1. The number of nitriles is 1. The first-order valence-electron chi connectivity index (χ1n) is 8.65. The molecular weight excluding hydrogens is 354 g/mol. The molecule has 3 aromatic rings. The van der Waals surface area contributed by atoms with Crippen LogP contribution in [0, 0.1) is 18.3 Å². The van der Waals surface area contributed by atoms with Gasteiger partial charge in [-0.3, -0.25) is 0 Å². The van der Waals surface area contributed by atoms with E-state index in [0.717, 1.165) is 16.6 Å². The number of aromatic nitrogens is 2. The first kappa shape index (κ1) is 18.9. The van der Waals surface area contributed by atoms with E-state index in [2.05, 4.69) is 4.98 Å². The van der Waals surface area contributed by atoms with Crippen molar-refractivity contribution >= 4 is 28.7 Å². The normalized spacial score (nSPS) is 12.0. The fourth-order valence-corrected chi connectivity index (χ4v) is 2.71. The van der Waals surface area contributed by atoms with E-state index in [4.69, 9.17) is 4.74 Å². The number of rotatable bonds is 5. The molecule has 2 aromatic carbocycles. The number of hydrogen-bond acceptors (Lipinski definition) is 5. The quantitative estimate of drug-likeness (QED) is 0.317. The van der Waals surface area contributed by atoms with Crippen LogP contribution in [0.1, 0.15) is 17.0 Å². The van der Waals surface area contributed by atoms with E-state index in [1.165, 1.54) is 6.08 Å². The minimum Gasteiger partial charge on any atom is -0.507 e. The summed E-state index contributed by atoms with van der Waals surface area (Å²) in [7, 11) is 1.76. The first-order chi connectivity index (χ1) is 13.5. The minimum atomic E-state index is -0.616. The lowest BCUT2D eigenvalue weighted by atomic mass is 10.1. The van der Waals surface area contributed by atoms with Crippen molar-refractivity contribution in [2.45, 2.75) is 6.92 Å². The third-order valence-corrected chi connectivity index (χ3v) is 4.25. The molecule has 0 amide bonds. The molecule has 3 rings (SSSR count). The molecule has 1 N–H and O–H groups in total. The summed E-state index contributed by atoms with van der Waals surface area (Å²) in [5, 5.41) is 19.7. The van der Waals surface area contributed by atoms with Gasteiger partial charge >= 0.3 is 5.97 Å². The highest BCUT2D eigenvalue weighted by atomic mass is 16.5. The van der Waals surface area contributed by atoms with Crippen molar-refractivity contribution in [1.29, 1.82) is 5.26 Å². The molecule has 28 heavy (non-hydrogen) atoms. The summed E-state index contributed by atoms with van der Waals surface area (Å²) in [4.78, 5) is 16.3. The minimum absolute atomic E-state index is 0.0333. The van der Waals surface area contributed by atoms with Gasteiger partial charge in [0.1, 0.15) is 18.2 Å². The van der Waals surface area contributed by atoms with Gasteiger partial charge in [0.2, 0.25) is 0 Å². The first-order valence-corrected chi connectivity index (χ1v) is 8.65. The van der Waals surface area contributed by atoms with E-state index in [9.17, 15) is 15.2 Å². The van der Waals surface area contributed by atoms with Gasteiger partial charge in [-0.2, -0.15) is 5.26 Å². The number of aliphatic hydroxyl groups is 1. The average molecular weight is 373 g/mol. The van der Waals surface area contributed by atoms with Crippen LogP contribution in [-0.2, 0) is 16.6 Å². The molecule has 0 spiro atoms. The molecule has 1 heterocycles. The van der Waals surface area contributed by atoms with Crippen LogP contribution in [-0.4, -0.2) is 27.2 Å². The van der Waals surface area contributed by atoms with Crippen LogP contribution in [0.3, 0.4) is 0 Å². The van der Waals surface area contributed by atoms with E-state index in [1.54, 1.807) is 17.7 Å². The molecule has 6 heteroatoms. The maximum Gasteiger partial charge on any atom is 0.331 e. The van der Waals surface area contributed by atoms with Gasteiger partial charge < -0.3 is 14.4 Å². The van der Waals surface area contributed by atoms with Crippen molar-refractivity contribution in [2.75, 3.05) is 6.61 Å². The number of allylic oxidation sites excluding steroid dienone is 1. The van der Waals surface area contributed by atoms with Crippen LogP contribution in [0.15, 0.2) is 60.4 Å². The van der Waals surface area contributed by atoms with Crippen molar-refractivity contribution < 1.29 is 14.6 Å². The highest BCUT2D eigenvalue weighted by Gasteiger charge is 2.17. The summed E-state index contributed by atoms with van der Waals surface area (Å²) in [6, 6.07) is 17.0. The standard InChI is InChI=1S/C22H19N3O3/c1-15-7-9-16(10-8-15)11-12-21(27)28-14-20(26)17(13-23)22-24-18-5-3-4-6-19(18)25(22)2/h3-12,26H,14H2,1-2H3/b12-11+,20-17-. The number of esters is 1. The molecule has 6 nitrogen and oxygen atoms in total. The number of carbonyl (C=O) groups is 1. The second kappa shape index (κ2) is 8.23. The summed E-state index contributed by atoms with van der Waals surface area (Å²) in [6.45, 7) is 1.57. The number of aliphatic hydroxyl groups excluding tert-OH is 1. The van der Waals surface area contributed by atoms with Gasteiger partial charge in [0.15, 0.2) is 11.6 Å². The molecule has 0 saturated carbocycles. The lowest BCUT2D eigenvalue weighted by molar-refractivity contribution is -0.137. The topological polar surface area (TPSA) is 88.1 Å². The van der Waals surface area contributed by atoms with Crippen LogP contribution < -0.4 is 0 Å². The van der Waals surface area contributed by atoms with Gasteiger partial charge in [0.05, 0.1) is 11.0 Å². The van der Waals surface area contributed by atoms with E-state index in [0.29, 0.717) is 11.3 Å². The van der Waals surface area contributed by atoms with Gasteiger partial charge in [-0.25, -0.2) is 9.78 Å². The van der Waals surface area contributed by atoms with Crippen molar-refractivity contribution in [3.8, 4) is 6.07 Å². The Balaban J connectivity index is 1.73. The van der Waals surface area contributed by atoms with Crippen LogP contribution in [0.2, 0.25) is 0 Å². The number of nitrogens with zero attached hydrogens (tertiary/aromatic N) is 3. The van der Waals surface area contributed by atoms with Crippen molar-refractivity contribution in [3.05, 3.63) is 77.3 Å². The molecular formula is C22H19N3O3. The fraction of sp³-hybridized carbons (Fsp3) is 0.136. The molecule has 0 aliphatic carbocycles. The molecule has 0 unspecified atom stereocenters. The van der Waals surface area contributed by atoms with E-state index in [1.807, 2.05) is 61.5 Å². The monoisotopic (exact) mass is 373 g/mol. The predicted molar refractivity (Wildman–Crippen MR) is 107 cm³/mol. The predicted octanol–water partition coefficient (Wildman–Crippen LogP) is 3.93. The Kier molecular flexibility index (Phi) is 5.56. The summed E-state index contributed by atoms with van der Waals surface area (Å²) in [5.41, 5.74) is 3.49. The molecule has 0 saturated heterocycles. The van der Waals surface area contributed by atoms with Crippen LogP contribution >= 0.6 is 0 Å². The van der Waals surface area contributed by atoms with Gasteiger partial charge in [-0.05, 0) is 30.7 Å². The van der Waals surface area contributed by atoms with Crippen LogP contribution in [0.5, 0.6) is 0 Å². The Morgan fingerprint density at radius 3 is 2.64 bits per heavy atom. The van der Waals surface area contributed by atoms with E-state index < -0.39 is 12.6 Å². The molecule has 0 bridgehead atoms. The number of imidazole rings is 1. The number of carbonyl (C=O) groups excluding carboxylic acids is 1. The van der Waals surface area contributed by atoms with Crippen LogP contribution in [0.4, 0.5) is 0 Å². The Morgan fingerprint density at radius 2 is 1.96 bits per heavy atom. The zero-order valence-electron chi connectivity index (χ0n) is 15.6. The van der Waals surface area contributed by atoms with E-state index in [-0.39, 0.29) is 11.3 Å². The summed E-state index contributed by atoms with van der Waals surface area (Å²) >= 11 is 0. The van der Waals surface area contributed by atoms with Crippen molar-refractivity contribution in [1.82, 2.24) is 9.55 Å². The van der Waals surface area contributed by atoms with Crippen molar-refractivity contribution in [2.24, 2.45) is 7.05 Å². The maximum atomic E-state index is 11.9. The highest BCUT2D eigenvalue weighted by molar-refractivity contribution is 5.87. The van der Waals surface area contributed by atoms with E-state index >= 15 is 0 Å². The Morgan fingerprint density at radius 1 is 1.25 bits per heavy atom. The number of fused-ring (bicyclic) bond motifs is 1. The maximum absolute atomic E-state index is 11.9. The molecule has 0 aliphatic rings. The Labute approximate surface area is 162 Å². The van der Waals surface area contributed by atoms with Gasteiger partial charge in [-0.1, -0.05) is 42.0 Å². The summed E-state index contributed by atoms with van der Waals surface area (Å²) < 4.78 is 6.76. The number of aryl methyl sites for hydroxylation is 2. The summed E-state index contributed by atoms with van der Waals surface area (Å²) in [5.74, 6) is -0.653. The third kappa shape index (κ3) is 4.10. The molecule has 0 aliphatic heterocycles. The molecule has 0 fully saturated rings. The molecule has 1 aromatic heterocycles. The van der Waals surface area contributed by atoms with Gasteiger partial charge in [-0.15, -0.1) is 0 Å². The van der Waals surface area contributed by atoms with Gasteiger partial charge in [0, 0.05) is 13.1 Å². The zero-order valence-corrected chi connectivity index (χ0v) is 15.6. The smallest absolute Gasteiger partial charge is 0.331 e. The zero-order chi connectivity index (χ0) is 20.1. The van der Waals surface area contributed by atoms with Gasteiger partial charge in [0.25, 0.3) is 0 Å². The van der Waals surface area contributed by atoms with Crippen molar-refractivity contribution in [3.63, 3.8) is 0 Å². The number of benzene rings is 2. The third-order valence-electron chi connectivity index (χ3n) is 4.25. The second-order valence-electron chi connectivity index (χ2n) is 6.27. The number of hydrogen-bond donors (Lipinski definition) is 1. The molecule has 140 valence electrons. The Hall–Kier alpha value is -3.85. The van der Waals surface area contributed by atoms with Crippen LogP contribution in [0.25, 0.3) is 22.7 Å². The Bertz CT molecular complexity index is 1120. The second-order valence-corrected chi connectivity index (χ2v) is 6.27. The molecule has 0 radical (unpaired) electrons. The lowest BCUT2D eigenvalue weighted by Gasteiger charge is -2.05. The lowest BCUT2D eigenvalue weighted by Crippen LogP contribution is -2.07. The molecule has 0 atom stereocenters. The average Bonchev–Trinajstić information content (AvgIpc) is 3.03. The SMILES string of the molecule is Cc1ccc(/C=C/C(=O)OC/C(O)=C(\C#N)c2nc3ccccc3n2C)cc1. The fourth-order valence-electron chi connectivity index (χ4n) is 2.71. The largest absolute Gasteiger partial charge is 0.507 e. The summed E-state index contributed by atoms with van der Waals surface area (Å²) in [6.07, 6.45) is 2.90. The number of para-hydroxylation sites is 2. The highest BCUT2D eigenvalue weighted by Crippen LogP contribution is 2.21.